The first-order valence-electron chi connectivity index (χ1n) is 5.43. The minimum atomic E-state index is -0.414. The SMILES string of the molecule is CCC(OC)C(O)Cc1ccc(C)cc1. The smallest absolute Gasteiger partial charge is 0.0841 e. The number of aryl methyl sites for hydroxylation is 1. The fraction of sp³-hybridized carbons (Fsp3) is 0.538. The van der Waals surface area contributed by atoms with Crippen LogP contribution in [0.1, 0.15) is 24.5 Å². The zero-order valence-corrected chi connectivity index (χ0v) is 9.73. The molecule has 2 unspecified atom stereocenters. The monoisotopic (exact) mass is 208 g/mol. The van der Waals surface area contributed by atoms with E-state index in [-0.39, 0.29) is 6.10 Å². The van der Waals surface area contributed by atoms with E-state index in [1.165, 1.54) is 5.56 Å². The highest BCUT2D eigenvalue weighted by Gasteiger charge is 2.16. The van der Waals surface area contributed by atoms with Gasteiger partial charge < -0.3 is 9.84 Å². The van der Waals surface area contributed by atoms with E-state index in [0.717, 1.165) is 12.0 Å². The number of rotatable bonds is 5. The number of hydrogen-bond donors (Lipinski definition) is 1. The van der Waals surface area contributed by atoms with Gasteiger partial charge in [0.1, 0.15) is 0 Å². The molecule has 0 bridgehead atoms. The molecule has 1 aromatic rings. The van der Waals surface area contributed by atoms with Gasteiger partial charge in [-0.05, 0) is 18.9 Å². The molecule has 0 aliphatic rings. The average Bonchev–Trinajstić information content (AvgIpc) is 2.23. The molecule has 0 amide bonds. The molecule has 0 spiro atoms. The second-order valence-corrected chi connectivity index (χ2v) is 3.94. The molecule has 84 valence electrons. The zero-order chi connectivity index (χ0) is 11.3. The summed E-state index contributed by atoms with van der Waals surface area (Å²) in [6, 6.07) is 8.24. The van der Waals surface area contributed by atoms with Gasteiger partial charge in [-0.1, -0.05) is 36.8 Å². The molecule has 0 saturated heterocycles. The van der Waals surface area contributed by atoms with Gasteiger partial charge in [0.05, 0.1) is 12.2 Å². The van der Waals surface area contributed by atoms with Crippen LogP contribution in [0.25, 0.3) is 0 Å². The lowest BCUT2D eigenvalue weighted by atomic mass is 10.0. The topological polar surface area (TPSA) is 29.5 Å². The first kappa shape index (κ1) is 12.2. The molecular formula is C13H20O2. The maximum Gasteiger partial charge on any atom is 0.0841 e. The van der Waals surface area contributed by atoms with Crippen LogP contribution in [0.3, 0.4) is 0 Å². The fourth-order valence-corrected chi connectivity index (χ4v) is 1.69. The van der Waals surface area contributed by atoms with Gasteiger partial charge in [-0.15, -0.1) is 0 Å². The summed E-state index contributed by atoms with van der Waals surface area (Å²) < 4.78 is 5.21. The number of methoxy groups -OCH3 is 1. The van der Waals surface area contributed by atoms with Crippen molar-refractivity contribution in [1.29, 1.82) is 0 Å². The Bertz CT molecular complexity index is 275. The summed E-state index contributed by atoms with van der Waals surface area (Å²) in [7, 11) is 1.65. The van der Waals surface area contributed by atoms with E-state index in [2.05, 4.69) is 31.2 Å². The van der Waals surface area contributed by atoms with Crippen molar-refractivity contribution in [3.8, 4) is 0 Å². The zero-order valence-electron chi connectivity index (χ0n) is 9.73. The fourth-order valence-electron chi connectivity index (χ4n) is 1.69. The second-order valence-electron chi connectivity index (χ2n) is 3.94. The molecule has 0 saturated carbocycles. The predicted molar refractivity (Wildman–Crippen MR) is 62.0 cm³/mol. The minimum Gasteiger partial charge on any atom is -0.390 e. The van der Waals surface area contributed by atoms with Crippen LogP contribution in [0.2, 0.25) is 0 Å². The molecule has 0 aromatic heterocycles. The van der Waals surface area contributed by atoms with Gasteiger partial charge in [0.15, 0.2) is 0 Å². The standard InChI is InChI=1S/C13H20O2/c1-4-13(15-3)12(14)9-11-7-5-10(2)6-8-11/h5-8,12-14H,4,9H2,1-3H3. The summed E-state index contributed by atoms with van der Waals surface area (Å²) in [6.07, 6.45) is 1.02. The van der Waals surface area contributed by atoms with Gasteiger partial charge in [0, 0.05) is 13.5 Å². The molecule has 0 radical (unpaired) electrons. The van der Waals surface area contributed by atoms with Gasteiger partial charge in [-0.3, -0.25) is 0 Å². The van der Waals surface area contributed by atoms with Gasteiger partial charge in [0.25, 0.3) is 0 Å². The Morgan fingerprint density at radius 3 is 2.33 bits per heavy atom. The summed E-state index contributed by atoms with van der Waals surface area (Å²) in [4.78, 5) is 0. The van der Waals surface area contributed by atoms with Crippen molar-refractivity contribution in [1.82, 2.24) is 0 Å². The Morgan fingerprint density at radius 2 is 1.87 bits per heavy atom. The largest absolute Gasteiger partial charge is 0.390 e. The Hall–Kier alpha value is -0.860. The lowest BCUT2D eigenvalue weighted by Crippen LogP contribution is -2.29. The van der Waals surface area contributed by atoms with Crippen LogP contribution in [-0.4, -0.2) is 24.4 Å². The summed E-state index contributed by atoms with van der Waals surface area (Å²) in [5, 5.41) is 9.91. The lowest BCUT2D eigenvalue weighted by Gasteiger charge is -2.20. The van der Waals surface area contributed by atoms with E-state index >= 15 is 0 Å². The van der Waals surface area contributed by atoms with Crippen molar-refractivity contribution in [2.75, 3.05) is 7.11 Å². The molecule has 0 fully saturated rings. The Balaban J connectivity index is 2.57. The highest BCUT2D eigenvalue weighted by molar-refractivity contribution is 5.21. The van der Waals surface area contributed by atoms with Crippen LogP contribution in [0.5, 0.6) is 0 Å². The van der Waals surface area contributed by atoms with E-state index in [9.17, 15) is 5.11 Å². The van der Waals surface area contributed by atoms with E-state index < -0.39 is 6.10 Å². The minimum absolute atomic E-state index is 0.0636. The van der Waals surface area contributed by atoms with Crippen molar-refractivity contribution >= 4 is 0 Å². The molecule has 1 N–H and O–H groups in total. The quantitative estimate of drug-likeness (QED) is 0.804. The molecule has 15 heavy (non-hydrogen) atoms. The Kier molecular flexibility index (Phi) is 4.79. The number of benzene rings is 1. The lowest BCUT2D eigenvalue weighted by molar-refractivity contribution is -0.0128. The first-order valence-corrected chi connectivity index (χ1v) is 5.43. The summed E-state index contributed by atoms with van der Waals surface area (Å²) in [5.41, 5.74) is 2.40. The third-order valence-electron chi connectivity index (χ3n) is 2.70. The van der Waals surface area contributed by atoms with Crippen LogP contribution in [0.15, 0.2) is 24.3 Å². The molecule has 2 heteroatoms. The molecule has 0 aliphatic heterocycles. The van der Waals surface area contributed by atoms with Gasteiger partial charge in [0.2, 0.25) is 0 Å². The van der Waals surface area contributed by atoms with Crippen molar-refractivity contribution in [2.45, 2.75) is 38.9 Å². The summed E-state index contributed by atoms with van der Waals surface area (Å²) >= 11 is 0. The number of aliphatic hydroxyl groups excluding tert-OH is 1. The van der Waals surface area contributed by atoms with Crippen LogP contribution in [-0.2, 0) is 11.2 Å². The van der Waals surface area contributed by atoms with E-state index in [4.69, 9.17) is 4.74 Å². The molecule has 1 rings (SSSR count). The van der Waals surface area contributed by atoms with Crippen LogP contribution < -0.4 is 0 Å². The molecular weight excluding hydrogens is 188 g/mol. The van der Waals surface area contributed by atoms with Crippen LogP contribution in [0, 0.1) is 6.92 Å². The first-order chi connectivity index (χ1) is 7.17. The van der Waals surface area contributed by atoms with Crippen molar-refractivity contribution in [3.05, 3.63) is 35.4 Å². The Morgan fingerprint density at radius 1 is 1.27 bits per heavy atom. The molecule has 1 aromatic carbocycles. The summed E-state index contributed by atoms with van der Waals surface area (Å²) in [5.74, 6) is 0. The molecule has 2 atom stereocenters. The van der Waals surface area contributed by atoms with Crippen LogP contribution in [0.4, 0.5) is 0 Å². The number of aliphatic hydroxyl groups is 1. The highest BCUT2D eigenvalue weighted by atomic mass is 16.5. The van der Waals surface area contributed by atoms with E-state index in [1.54, 1.807) is 7.11 Å². The molecule has 0 aliphatic carbocycles. The van der Waals surface area contributed by atoms with Crippen molar-refractivity contribution in [3.63, 3.8) is 0 Å². The molecule has 0 heterocycles. The van der Waals surface area contributed by atoms with Gasteiger partial charge >= 0.3 is 0 Å². The Labute approximate surface area is 91.9 Å². The third-order valence-corrected chi connectivity index (χ3v) is 2.70. The van der Waals surface area contributed by atoms with Gasteiger partial charge in [-0.25, -0.2) is 0 Å². The van der Waals surface area contributed by atoms with Crippen molar-refractivity contribution in [2.24, 2.45) is 0 Å². The number of hydrogen-bond acceptors (Lipinski definition) is 2. The maximum atomic E-state index is 9.91. The predicted octanol–water partition coefficient (Wildman–Crippen LogP) is 2.32. The van der Waals surface area contributed by atoms with E-state index in [1.807, 2.05) is 6.92 Å². The van der Waals surface area contributed by atoms with Crippen molar-refractivity contribution < 1.29 is 9.84 Å². The number of ether oxygens (including phenoxy) is 1. The average molecular weight is 208 g/mol. The van der Waals surface area contributed by atoms with Gasteiger partial charge in [-0.2, -0.15) is 0 Å². The molecule has 2 nitrogen and oxygen atoms in total. The summed E-state index contributed by atoms with van der Waals surface area (Å²) in [6.45, 7) is 4.08. The maximum absolute atomic E-state index is 9.91. The second kappa shape index (κ2) is 5.89. The highest BCUT2D eigenvalue weighted by Crippen LogP contribution is 2.11. The van der Waals surface area contributed by atoms with E-state index in [0.29, 0.717) is 6.42 Å². The van der Waals surface area contributed by atoms with Crippen LogP contribution >= 0.6 is 0 Å². The normalized spacial score (nSPS) is 14.9. The third kappa shape index (κ3) is 3.65.